The molecule has 2 aromatic rings. The minimum Gasteiger partial charge on any atom is -0.490 e. The van der Waals surface area contributed by atoms with Crippen molar-refractivity contribution in [3.8, 4) is 11.5 Å². The Bertz CT molecular complexity index is 863. The maximum atomic E-state index is 14.0. The summed E-state index contributed by atoms with van der Waals surface area (Å²) in [4.78, 5) is 11.2. The fourth-order valence-corrected chi connectivity index (χ4v) is 4.47. The second-order valence-electron chi connectivity index (χ2n) is 6.02. The van der Waals surface area contributed by atoms with E-state index in [1.807, 2.05) is 6.92 Å². The number of aliphatic carboxylic acids is 1. The maximum Gasteiger partial charge on any atom is 0.321 e. The summed E-state index contributed by atoms with van der Waals surface area (Å²) in [5.74, 6) is -0.230. The van der Waals surface area contributed by atoms with E-state index in [1.165, 1.54) is 23.9 Å². The maximum absolute atomic E-state index is 14.0. The summed E-state index contributed by atoms with van der Waals surface area (Å²) in [6.45, 7) is 2.09. The lowest BCUT2D eigenvalue weighted by Gasteiger charge is -2.18. The van der Waals surface area contributed by atoms with Crippen LogP contribution in [-0.4, -0.2) is 29.5 Å². The number of carboxylic acids is 1. The van der Waals surface area contributed by atoms with Gasteiger partial charge in [-0.25, -0.2) is 4.39 Å². The molecule has 2 N–H and O–H groups in total. The Morgan fingerprint density at radius 2 is 2.11 bits per heavy atom. The van der Waals surface area contributed by atoms with E-state index in [1.54, 1.807) is 18.2 Å². The van der Waals surface area contributed by atoms with Gasteiger partial charge in [-0.3, -0.25) is 10.1 Å². The van der Waals surface area contributed by atoms with Gasteiger partial charge in [0.15, 0.2) is 11.5 Å². The molecule has 1 saturated heterocycles. The number of halogens is 3. The Balaban J connectivity index is 1.84. The number of thioether (sulfide) groups is 1. The number of carbonyl (C=O) groups is 1. The molecule has 2 atom stereocenters. The fraction of sp³-hybridized carbons (Fsp3) is 0.316. The van der Waals surface area contributed by atoms with Crippen molar-refractivity contribution in [2.45, 2.75) is 24.9 Å². The predicted octanol–water partition coefficient (Wildman–Crippen LogP) is 4.90. The molecule has 1 fully saturated rings. The number of hydrogen-bond acceptors (Lipinski definition) is 5. The molecule has 1 heterocycles. The quantitative estimate of drug-likeness (QED) is 0.631. The van der Waals surface area contributed by atoms with Crippen molar-refractivity contribution in [3.05, 3.63) is 57.3 Å². The van der Waals surface area contributed by atoms with Crippen LogP contribution in [0.1, 0.15) is 23.4 Å². The van der Waals surface area contributed by atoms with Crippen molar-refractivity contribution in [1.29, 1.82) is 0 Å². The van der Waals surface area contributed by atoms with E-state index in [-0.39, 0.29) is 33.3 Å². The number of rotatable bonds is 7. The average molecular weight is 446 g/mol. The molecule has 0 radical (unpaired) electrons. The first-order valence-electron chi connectivity index (χ1n) is 8.53. The molecule has 150 valence electrons. The third-order valence-electron chi connectivity index (χ3n) is 4.14. The van der Waals surface area contributed by atoms with Crippen LogP contribution >= 0.6 is 35.0 Å². The van der Waals surface area contributed by atoms with Crippen molar-refractivity contribution < 1.29 is 23.8 Å². The Morgan fingerprint density at radius 3 is 2.75 bits per heavy atom. The van der Waals surface area contributed by atoms with E-state index in [9.17, 15) is 9.18 Å². The van der Waals surface area contributed by atoms with Gasteiger partial charge in [-0.05, 0) is 36.8 Å². The lowest BCUT2D eigenvalue weighted by atomic mass is 10.1. The van der Waals surface area contributed by atoms with Gasteiger partial charge in [0.25, 0.3) is 0 Å². The van der Waals surface area contributed by atoms with Crippen molar-refractivity contribution in [2.75, 3.05) is 12.4 Å². The topological polar surface area (TPSA) is 67.8 Å². The van der Waals surface area contributed by atoms with Gasteiger partial charge in [0, 0.05) is 11.3 Å². The lowest BCUT2D eigenvalue weighted by Crippen LogP contribution is -2.33. The lowest BCUT2D eigenvalue weighted by molar-refractivity contribution is -0.138. The SMILES string of the molecule is CCOc1cc(C2NC(C(=O)O)CS2)cc(Cl)c1OCc1c(F)cccc1Cl. The molecule has 0 spiro atoms. The second-order valence-corrected chi connectivity index (χ2v) is 7.98. The summed E-state index contributed by atoms with van der Waals surface area (Å²) in [6.07, 6.45) is 0. The zero-order valence-corrected chi connectivity index (χ0v) is 17.2. The van der Waals surface area contributed by atoms with Crippen LogP contribution in [0.5, 0.6) is 11.5 Å². The number of nitrogens with one attached hydrogen (secondary N) is 1. The van der Waals surface area contributed by atoms with Crippen LogP contribution in [0.2, 0.25) is 10.0 Å². The molecule has 1 aliphatic rings. The molecule has 5 nitrogen and oxygen atoms in total. The highest BCUT2D eigenvalue weighted by molar-refractivity contribution is 7.99. The first-order valence-corrected chi connectivity index (χ1v) is 10.3. The van der Waals surface area contributed by atoms with E-state index in [4.69, 9.17) is 37.8 Å². The third kappa shape index (κ3) is 4.66. The molecule has 0 aromatic heterocycles. The number of benzene rings is 2. The van der Waals surface area contributed by atoms with Crippen LogP contribution in [0, 0.1) is 5.82 Å². The molecule has 0 amide bonds. The van der Waals surface area contributed by atoms with Gasteiger partial charge < -0.3 is 14.6 Å². The summed E-state index contributed by atoms with van der Waals surface area (Å²) >= 11 is 13.9. The van der Waals surface area contributed by atoms with Crippen LogP contribution in [0.25, 0.3) is 0 Å². The highest BCUT2D eigenvalue weighted by Crippen LogP contribution is 2.42. The molecule has 2 aromatic carbocycles. The molecule has 0 saturated carbocycles. The zero-order chi connectivity index (χ0) is 20.3. The standard InChI is InChI=1S/C19H18Cl2FNO4S/c1-2-26-16-7-10(18-23-15(9-28-18)19(24)25)6-13(21)17(16)27-8-11-12(20)4-3-5-14(11)22/h3-7,15,18,23H,2,8-9H2,1H3,(H,24,25). The van der Waals surface area contributed by atoms with Gasteiger partial charge in [-0.15, -0.1) is 11.8 Å². The zero-order valence-electron chi connectivity index (χ0n) is 14.9. The van der Waals surface area contributed by atoms with E-state index in [0.29, 0.717) is 18.1 Å². The summed E-state index contributed by atoms with van der Waals surface area (Å²) in [5.41, 5.74) is 1.00. The van der Waals surface area contributed by atoms with Gasteiger partial charge >= 0.3 is 5.97 Å². The van der Waals surface area contributed by atoms with Crippen molar-refractivity contribution in [3.63, 3.8) is 0 Å². The Morgan fingerprint density at radius 1 is 1.32 bits per heavy atom. The normalized spacial score (nSPS) is 18.9. The minimum absolute atomic E-state index is 0.109. The molecule has 2 unspecified atom stereocenters. The van der Waals surface area contributed by atoms with Crippen LogP contribution in [0.3, 0.4) is 0 Å². The molecule has 0 bridgehead atoms. The van der Waals surface area contributed by atoms with E-state index >= 15 is 0 Å². The summed E-state index contributed by atoms with van der Waals surface area (Å²) in [5, 5.41) is 12.5. The van der Waals surface area contributed by atoms with E-state index in [0.717, 1.165) is 5.56 Å². The first-order chi connectivity index (χ1) is 13.4. The number of ether oxygens (including phenoxy) is 2. The van der Waals surface area contributed by atoms with Crippen LogP contribution in [0.15, 0.2) is 30.3 Å². The summed E-state index contributed by atoms with van der Waals surface area (Å²) in [7, 11) is 0. The number of hydrogen-bond donors (Lipinski definition) is 2. The fourth-order valence-electron chi connectivity index (χ4n) is 2.76. The molecule has 3 rings (SSSR count). The minimum atomic E-state index is -0.896. The Hall–Kier alpha value is -1.67. The van der Waals surface area contributed by atoms with Crippen molar-refractivity contribution >= 4 is 40.9 Å². The van der Waals surface area contributed by atoms with Crippen LogP contribution in [0.4, 0.5) is 4.39 Å². The highest BCUT2D eigenvalue weighted by atomic mass is 35.5. The van der Waals surface area contributed by atoms with Crippen LogP contribution in [-0.2, 0) is 11.4 Å². The number of carboxylic acid groups (broad SMARTS) is 1. The van der Waals surface area contributed by atoms with E-state index < -0.39 is 17.8 Å². The van der Waals surface area contributed by atoms with Gasteiger partial charge in [0.05, 0.1) is 22.0 Å². The second kappa shape index (κ2) is 9.22. The Labute approximate surface area is 176 Å². The molecule has 9 heteroatoms. The van der Waals surface area contributed by atoms with Gasteiger partial charge in [-0.2, -0.15) is 0 Å². The largest absolute Gasteiger partial charge is 0.490 e. The predicted molar refractivity (Wildman–Crippen MR) is 108 cm³/mol. The summed E-state index contributed by atoms with van der Waals surface area (Å²) in [6, 6.07) is 7.23. The van der Waals surface area contributed by atoms with Crippen molar-refractivity contribution in [1.82, 2.24) is 5.32 Å². The molecule has 0 aliphatic carbocycles. The average Bonchev–Trinajstić information content (AvgIpc) is 3.13. The van der Waals surface area contributed by atoms with Crippen LogP contribution < -0.4 is 14.8 Å². The third-order valence-corrected chi connectivity index (χ3v) is 6.04. The Kier molecular flexibility index (Phi) is 6.93. The first kappa shape index (κ1) is 21.0. The van der Waals surface area contributed by atoms with Gasteiger partial charge in [0.2, 0.25) is 0 Å². The molecular weight excluding hydrogens is 428 g/mol. The smallest absolute Gasteiger partial charge is 0.321 e. The van der Waals surface area contributed by atoms with E-state index in [2.05, 4.69) is 5.32 Å². The molecule has 1 aliphatic heterocycles. The molecule has 28 heavy (non-hydrogen) atoms. The highest BCUT2D eigenvalue weighted by Gasteiger charge is 2.31. The van der Waals surface area contributed by atoms with Crippen molar-refractivity contribution in [2.24, 2.45) is 0 Å². The van der Waals surface area contributed by atoms with Gasteiger partial charge in [-0.1, -0.05) is 29.3 Å². The molecular formula is C19H18Cl2FNO4S. The summed E-state index contributed by atoms with van der Waals surface area (Å²) < 4.78 is 25.4. The van der Waals surface area contributed by atoms with Gasteiger partial charge in [0.1, 0.15) is 18.5 Å². The monoisotopic (exact) mass is 445 g/mol.